The van der Waals surface area contributed by atoms with E-state index in [1.807, 2.05) is 6.92 Å². The molecule has 0 aliphatic heterocycles. The average molecular weight is 224 g/mol. The van der Waals surface area contributed by atoms with Gasteiger partial charge >= 0.3 is 0 Å². The first-order valence-corrected chi connectivity index (χ1v) is 6.47. The average Bonchev–Trinajstić information content (AvgIpc) is 2.25. The molecule has 1 rings (SSSR count). The Balaban J connectivity index is 2.74. The summed E-state index contributed by atoms with van der Waals surface area (Å²) in [5, 5.41) is 9.24. The first kappa shape index (κ1) is 12.7. The van der Waals surface area contributed by atoms with Crippen molar-refractivity contribution in [1.29, 1.82) is 0 Å². The number of aliphatic hydroxyl groups excluding tert-OH is 1. The van der Waals surface area contributed by atoms with E-state index in [2.05, 4.69) is 34.4 Å². The summed E-state index contributed by atoms with van der Waals surface area (Å²) in [6.45, 7) is 4.03. The number of rotatable bonds is 5. The van der Waals surface area contributed by atoms with Gasteiger partial charge in [0.1, 0.15) is 0 Å². The minimum atomic E-state index is -0.199. The fraction of sp³-hybridized carbons (Fsp3) is 0.538. The maximum absolute atomic E-state index is 9.24. The summed E-state index contributed by atoms with van der Waals surface area (Å²) in [6, 6.07) is 6.68. The van der Waals surface area contributed by atoms with E-state index in [1.54, 1.807) is 0 Å². The van der Waals surface area contributed by atoms with Crippen molar-refractivity contribution >= 4 is 9.24 Å². The molecular weight excluding hydrogens is 203 g/mol. The van der Waals surface area contributed by atoms with Crippen LogP contribution in [0.5, 0.6) is 0 Å². The van der Waals surface area contributed by atoms with Crippen molar-refractivity contribution in [3.63, 3.8) is 0 Å². The minimum absolute atomic E-state index is 0.199. The van der Waals surface area contributed by atoms with Gasteiger partial charge in [0.15, 0.2) is 0 Å². The zero-order valence-electron chi connectivity index (χ0n) is 9.66. The molecule has 0 saturated carbocycles. The highest BCUT2D eigenvalue weighted by molar-refractivity contribution is 7.15. The van der Waals surface area contributed by atoms with Crippen LogP contribution >= 0.6 is 9.24 Å². The van der Waals surface area contributed by atoms with Crippen LogP contribution in [-0.2, 0) is 19.0 Å². The molecule has 15 heavy (non-hydrogen) atoms. The lowest BCUT2D eigenvalue weighted by Crippen LogP contribution is -2.02. The molecule has 0 spiro atoms. The van der Waals surface area contributed by atoms with Gasteiger partial charge in [0.2, 0.25) is 0 Å². The van der Waals surface area contributed by atoms with Gasteiger partial charge in [-0.1, -0.05) is 25.1 Å². The molecule has 0 aromatic heterocycles. The Bertz CT molecular complexity index is 307. The van der Waals surface area contributed by atoms with Gasteiger partial charge in [-0.3, -0.25) is 0 Å². The SMILES string of the molecule is CCc1ccc(CCC(C)O)cc1CP. The molecule has 0 radical (unpaired) electrons. The molecule has 1 N–H and O–H groups in total. The van der Waals surface area contributed by atoms with E-state index >= 15 is 0 Å². The zero-order chi connectivity index (χ0) is 11.3. The maximum atomic E-state index is 9.24. The number of aryl methyl sites for hydroxylation is 2. The van der Waals surface area contributed by atoms with Crippen LogP contribution in [-0.4, -0.2) is 11.2 Å². The summed E-state index contributed by atoms with van der Waals surface area (Å²) >= 11 is 0. The van der Waals surface area contributed by atoms with Gasteiger partial charge in [-0.15, -0.1) is 9.24 Å². The number of hydrogen-bond acceptors (Lipinski definition) is 1. The van der Waals surface area contributed by atoms with Crippen LogP contribution < -0.4 is 0 Å². The molecule has 0 amide bonds. The van der Waals surface area contributed by atoms with Crippen LogP contribution in [0.15, 0.2) is 18.2 Å². The normalized spacial score (nSPS) is 12.8. The van der Waals surface area contributed by atoms with Gasteiger partial charge < -0.3 is 5.11 Å². The van der Waals surface area contributed by atoms with E-state index in [9.17, 15) is 5.11 Å². The molecule has 2 atom stereocenters. The minimum Gasteiger partial charge on any atom is -0.393 e. The number of hydrogen-bond donors (Lipinski definition) is 1. The van der Waals surface area contributed by atoms with Gasteiger partial charge in [0.25, 0.3) is 0 Å². The van der Waals surface area contributed by atoms with Crippen molar-refractivity contribution in [2.45, 2.75) is 45.4 Å². The highest BCUT2D eigenvalue weighted by atomic mass is 31.0. The standard InChI is InChI=1S/C13H21OP/c1-3-12-7-6-11(5-4-10(2)14)8-13(12)9-15/h6-8,10,14H,3-5,9,15H2,1-2H3. The van der Waals surface area contributed by atoms with E-state index in [4.69, 9.17) is 0 Å². The summed E-state index contributed by atoms with van der Waals surface area (Å²) in [7, 11) is 2.78. The van der Waals surface area contributed by atoms with Crippen LogP contribution in [0.1, 0.15) is 37.0 Å². The smallest absolute Gasteiger partial charge is 0.0515 e. The van der Waals surface area contributed by atoms with Gasteiger partial charge in [0, 0.05) is 0 Å². The Morgan fingerprint density at radius 3 is 2.60 bits per heavy atom. The molecule has 1 nitrogen and oxygen atoms in total. The van der Waals surface area contributed by atoms with Gasteiger partial charge in [-0.05, 0) is 49.0 Å². The fourth-order valence-electron chi connectivity index (χ4n) is 1.75. The van der Waals surface area contributed by atoms with Crippen molar-refractivity contribution in [2.24, 2.45) is 0 Å². The van der Waals surface area contributed by atoms with Crippen molar-refractivity contribution in [3.05, 3.63) is 34.9 Å². The van der Waals surface area contributed by atoms with Crippen molar-refractivity contribution in [3.8, 4) is 0 Å². The van der Waals surface area contributed by atoms with E-state index in [0.29, 0.717) is 0 Å². The van der Waals surface area contributed by atoms with Crippen molar-refractivity contribution < 1.29 is 5.11 Å². The monoisotopic (exact) mass is 224 g/mol. The van der Waals surface area contributed by atoms with E-state index < -0.39 is 0 Å². The van der Waals surface area contributed by atoms with Crippen LogP contribution in [0.2, 0.25) is 0 Å². The third-order valence-electron chi connectivity index (χ3n) is 2.72. The second-order valence-corrected chi connectivity index (χ2v) is 4.46. The Morgan fingerprint density at radius 2 is 2.07 bits per heavy atom. The Morgan fingerprint density at radius 1 is 1.33 bits per heavy atom. The van der Waals surface area contributed by atoms with Crippen LogP contribution in [0, 0.1) is 0 Å². The van der Waals surface area contributed by atoms with Crippen LogP contribution in [0.25, 0.3) is 0 Å². The molecule has 1 aromatic carbocycles. The lowest BCUT2D eigenvalue weighted by Gasteiger charge is -2.09. The van der Waals surface area contributed by atoms with E-state index in [-0.39, 0.29) is 6.10 Å². The predicted molar refractivity (Wildman–Crippen MR) is 69.2 cm³/mol. The van der Waals surface area contributed by atoms with Crippen LogP contribution in [0.3, 0.4) is 0 Å². The molecule has 0 bridgehead atoms. The van der Waals surface area contributed by atoms with E-state index in [0.717, 1.165) is 25.4 Å². The molecule has 2 heteroatoms. The molecule has 1 aromatic rings. The first-order valence-electron chi connectivity index (χ1n) is 5.66. The van der Waals surface area contributed by atoms with Crippen LogP contribution in [0.4, 0.5) is 0 Å². The summed E-state index contributed by atoms with van der Waals surface area (Å²) in [4.78, 5) is 0. The largest absolute Gasteiger partial charge is 0.393 e. The Hall–Kier alpha value is -0.390. The predicted octanol–water partition coefficient (Wildman–Crippen LogP) is 2.94. The molecule has 0 saturated heterocycles. The van der Waals surface area contributed by atoms with Crippen molar-refractivity contribution in [2.75, 3.05) is 0 Å². The quantitative estimate of drug-likeness (QED) is 0.762. The molecule has 84 valence electrons. The molecule has 0 aliphatic rings. The summed E-state index contributed by atoms with van der Waals surface area (Å²) in [5.41, 5.74) is 4.20. The highest BCUT2D eigenvalue weighted by Gasteiger charge is 2.02. The third-order valence-corrected chi connectivity index (χ3v) is 3.16. The maximum Gasteiger partial charge on any atom is 0.0515 e. The highest BCUT2D eigenvalue weighted by Crippen LogP contribution is 2.17. The molecule has 0 fully saturated rings. The molecule has 2 unspecified atom stereocenters. The first-order chi connectivity index (χ1) is 7.17. The topological polar surface area (TPSA) is 20.2 Å². The summed E-state index contributed by atoms with van der Waals surface area (Å²) in [6.07, 6.45) is 3.74. The lowest BCUT2D eigenvalue weighted by atomic mass is 10.00. The summed E-state index contributed by atoms with van der Waals surface area (Å²) in [5.74, 6) is 0. The van der Waals surface area contributed by atoms with Gasteiger partial charge in [0.05, 0.1) is 6.10 Å². The van der Waals surface area contributed by atoms with Gasteiger partial charge in [-0.2, -0.15) is 0 Å². The van der Waals surface area contributed by atoms with Crippen molar-refractivity contribution in [1.82, 2.24) is 0 Å². The Kier molecular flexibility index (Phi) is 5.28. The Labute approximate surface area is 95.1 Å². The molecule has 0 heterocycles. The van der Waals surface area contributed by atoms with E-state index in [1.165, 1.54) is 16.7 Å². The molecular formula is C13H21OP. The second-order valence-electron chi connectivity index (χ2n) is 4.05. The molecule has 0 aliphatic carbocycles. The second kappa shape index (κ2) is 6.25. The van der Waals surface area contributed by atoms with Gasteiger partial charge in [-0.25, -0.2) is 0 Å². The number of benzene rings is 1. The summed E-state index contributed by atoms with van der Waals surface area (Å²) < 4.78 is 0. The third kappa shape index (κ3) is 3.93. The zero-order valence-corrected chi connectivity index (χ0v) is 10.8. The lowest BCUT2D eigenvalue weighted by molar-refractivity contribution is 0.185. The number of aliphatic hydroxyl groups is 1. The fourth-order valence-corrected chi connectivity index (χ4v) is 2.13.